The number of carbonyl (C=O) groups is 1. The summed E-state index contributed by atoms with van der Waals surface area (Å²) in [6, 6.07) is 0. The molecule has 3 N–H and O–H groups in total. The van der Waals surface area contributed by atoms with Crippen molar-refractivity contribution in [2.24, 2.45) is 17.1 Å². The van der Waals surface area contributed by atoms with Gasteiger partial charge in [0.25, 0.3) is 0 Å². The summed E-state index contributed by atoms with van der Waals surface area (Å²) in [5, 5.41) is 3.06. The molecule has 2 rings (SSSR count). The summed E-state index contributed by atoms with van der Waals surface area (Å²) < 4.78 is 0. The third-order valence-electron chi connectivity index (χ3n) is 4.71. The zero-order chi connectivity index (χ0) is 12.5. The lowest BCUT2D eigenvalue weighted by Gasteiger charge is -2.38. The van der Waals surface area contributed by atoms with Crippen molar-refractivity contribution in [3.05, 3.63) is 0 Å². The van der Waals surface area contributed by atoms with E-state index in [1.807, 2.05) is 0 Å². The van der Waals surface area contributed by atoms with Crippen molar-refractivity contribution in [2.75, 3.05) is 6.54 Å². The molecule has 0 aromatic heterocycles. The molecule has 0 bridgehead atoms. The van der Waals surface area contributed by atoms with Crippen LogP contribution in [0, 0.1) is 11.3 Å². The number of rotatable bonds is 3. The average molecular weight is 238 g/mol. The van der Waals surface area contributed by atoms with Gasteiger partial charge < -0.3 is 11.1 Å². The topological polar surface area (TPSA) is 55.1 Å². The normalized spacial score (nSPS) is 27.2. The molecule has 0 heterocycles. The molecule has 2 aliphatic carbocycles. The highest BCUT2D eigenvalue weighted by molar-refractivity contribution is 5.86. The number of nitrogens with one attached hydrogen (secondary N) is 1. The van der Waals surface area contributed by atoms with Gasteiger partial charge in [-0.15, -0.1) is 0 Å². The highest BCUT2D eigenvalue weighted by Gasteiger charge is 2.40. The molecule has 3 nitrogen and oxygen atoms in total. The lowest BCUT2D eigenvalue weighted by atomic mass is 9.73. The van der Waals surface area contributed by atoms with E-state index in [4.69, 9.17) is 5.73 Å². The Hall–Kier alpha value is -0.570. The molecule has 1 amide bonds. The Morgan fingerprint density at radius 2 is 1.82 bits per heavy atom. The fourth-order valence-electron chi connectivity index (χ4n) is 2.86. The van der Waals surface area contributed by atoms with Gasteiger partial charge in [-0.25, -0.2) is 0 Å². The zero-order valence-electron chi connectivity index (χ0n) is 11.2. The van der Waals surface area contributed by atoms with Gasteiger partial charge in [0.05, 0.1) is 5.54 Å². The molecule has 98 valence electrons. The second-order valence-electron chi connectivity index (χ2n) is 6.83. The fourth-order valence-corrected chi connectivity index (χ4v) is 2.86. The number of carbonyl (C=O) groups excluding carboxylic acids is 1. The van der Waals surface area contributed by atoms with Gasteiger partial charge in [-0.1, -0.05) is 13.8 Å². The summed E-state index contributed by atoms with van der Waals surface area (Å²) in [5.41, 5.74) is 5.96. The molecule has 0 spiro atoms. The Kier molecular flexibility index (Phi) is 3.48. The fraction of sp³-hybridized carbons (Fsp3) is 0.929. The van der Waals surface area contributed by atoms with Crippen molar-refractivity contribution >= 4 is 5.91 Å². The van der Waals surface area contributed by atoms with Gasteiger partial charge in [0.15, 0.2) is 0 Å². The van der Waals surface area contributed by atoms with E-state index in [-0.39, 0.29) is 5.91 Å². The van der Waals surface area contributed by atoms with Crippen LogP contribution in [0.5, 0.6) is 0 Å². The van der Waals surface area contributed by atoms with Gasteiger partial charge >= 0.3 is 0 Å². The quantitative estimate of drug-likeness (QED) is 0.792. The third-order valence-corrected chi connectivity index (χ3v) is 4.71. The van der Waals surface area contributed by atoms with E-state index in [0.29, 0.717) is 11.3 Å². The first-order chi connectivity index (χ1) is 7.91. The van der Waals surface area contributed by atoms with Crippen LogP contribution in [0.25, 0.3) is 0 Å². The van der Waals surface area contributed by atoms with E-state index in [1.165, 1.54) is 25.7 Å². The van der Waals surface area contributed by atoms with E-state index in [0.717, 1.165) is 25.8 Å². The maximum Gasteiger partial charge on any atom is 0.240 e. The minimum Gasteiger partial charge on any atom is -0.354 e. The van der Waals surface area contributed by atoms with E-state index in [1.54, 1.807) is 0 Å². The summed E-state index contributed by atoms with van der Waals surface area (Å²) in [5.74, 6) is 0.740. The Balaban J connectivity index is 1.71. The van der Waals surface area contributed by atoms with Gasteiger partial charge in [0.1, 0.15) is 0 Å². The minimum absolute atomic E-state index is 0.0774. The molecule has 2 saturated carbocycles. The summed E-state index contributed by atoms with van der Waals surface area (Å²) >= 11 is 0. The predicted octanol–water partition coefficient (Wildman–Crippen LogP) is 2.20. The molecule has 0 radical (unpaired) electrons. The minimum atomic E-state index is -0.534. The molecule has 17 heavy (non-hydrogen) atoms. The molecule has 0 aliphatic heterocycles. The highest BCUT2D eigenvalue weighted by Crippen LogP contribution is 2.37. The van der Waals surface area contributed by atoms with Crippen LogP contribution in [0.15, 0.2) is 0 Å². The van der Waals surface area contributed by atoms with Crippen LogP contribution in [0.3, 0.4) is 0 Å². The number of amides is 1. The summed E-state index contributed by atoms with van der Waals surface area (Å²) in [7, 11) is 0. The van der Waals surface area contributed by atoms with Crippen LogP contribution in [0.4, 0.5) is 0 Å². The monoisotopic (exact) mass is 238 g/mol. The van der Waals surface area contributed by atoms with Crippen molar-refractivity contribution in [2.45, 2.75) is 64.3 Å². The maximum atomic E-state index is 11.9. The second kappa shape index (κ2) is 4.60. The average Bonchev–Trinajstić information content (AvgIpc) is 2.24. The van der Waals surface area contributed by atoms with Gasteiger partial charge in [-0.3, -0.25) is 4.79 Å². The predicted molar refractivity (Wildman–Crippen MR) is 69.5 cm³/mol. The van der Waals surface area contributed by atoms with Gasteiger partial charge in [-0.2, -0.15) is 0 Å². The SMILES string of the molecule is CC1(C)CCC(CNC(=O)C2(N)CCC2)CC1. The molecule has 3 heteroatoms. The van der Waals surface area contributed by atoms with Crippen molar-refractivity contribution in [3.8, 4) is 0 Å². The van der Waals surface area contributed by atoms with Crippen molar-refractivity contribution in [1.82, 2.24) is 5.32 Å². The van der Waals surface area contributed by atoms with Crippen LogP contribution in [0.1, 0.15) is 58.8 Å². The van der Waals surface area contributed by atoms with E-state index in [2.05, 4.69) is 19.2 Å². The van der Waals surface area contributed by atoms with Gasteiger partial charge in [0, 0.05) is 6.54 Å². The molecule has 2 aliphatic rings. The van der Waals surface area contributed by atoms with Gasteiger partial charge in [-0.05, 0) is 56.3 Å². The Labute approximate surface area is 105 Å². The summed E-state index contributed by atoms with van der Waals surface area (Å²) in [6.45, 7) is 5.50. The third kappa shape index (κ3) is 3.01. The lowest BCUT2D eigenvalue weighted by Crippen LogP contribution is -2.59. The van der Waals surface area contributed by atoms with Crippen LogP contribution < -0.4 is 11.1 Å². The van der Waals surface area contributed by atoms with E-state index in [9.17, 15) is 4.79 Å². The van der Waals surface area contributed by atoms with Crippen molar-refractivity contribution in [3.63, 3.8) is 0 Å². The first kappa shape index (κ1) is 12.9. The lowest BCUT2D eigenvalue weighted by molar-refractivity contribution is -0.129. The number of hydrogen-bond acceptors (Lipinski definition) is 2. The molecule has 0 aromatic rings. The van der Waals surface area contributed by atoms with Crippen molar-refractivity contribution < 1.29 is 4.79 Å². The Bertz CT molecular complexity index is 285. The number of nitrogens with two attached hydrogens (primary N) is 1. The largest absolute Gasteiger partial charge is 0.354 e. The smallest absolute Gasteiger partial charge is 0.240 e. The summed E-state index contributed by atoms with van der Waals surface area (Å²) in [6.07, 6.45) is 7.85. The van der Waals surface area contributed by atoms with Crippen molar-refractivity contribution in [1.29, 1.82) is 0 Å². The molecule has 0 saturated heterocycles. The standard InChI is InChI=1S/C14H26N2O/c1-13(2)8-4-11(5-9-13)10-16-12(17)14(15)6-3-7-14/h11H,3-10,15H2,1-2H3,(H,16,17). The van der Waals surface area contributed by atoms with E-state index >= 15 is 0 Å². The number of hydrogen-bond donors (Lipinski definition) is 2. The van der Waals surface area contributed by atoms with E-state index < -0.39 is 5.54 Å². The second-order valence-corrected chi connectivity index (χ2v) is 6.83. The zero-order valence-corrected chi connectivity index (χ0v) is 11.2. The van der Waals surface area contributed by atoms with Gasteiger partial charge in [0.2, 0.25) is 5.91 Å². The summed E-state index contributed by atoms with van der Waals surface area (Å²) in [4.78, 5) is 11.9. The van der Waals surface area contributed by atoms with Crippen LogP contribution >= 0.6 is 0 Å². The molecule has 0 unspecified atom stereocenters. The Morgan fingerprint density at radius 3 is 2.29 bits per heavy atom. The van der Waals surface area contributed by atoms with Crippen LogP contribution in [0.2, 0.25) is 0 Å². The molecular weight excluding hydrogens is 212 g/mol. The van der Waals surface area contributed by atoms with Crippen LogP contribution in [-0.2, 0) is 4.79 Å². The first-order valence-electron chi connectivity index (χ1n) is 6.99. The highest BCUT2D eigenvalue weighted by atomic mass is 16.2. The maximum absolute atomic E-state index is 11.9. The van der Waals surface area contributed by atoms with Crippen LogP contribution in [-0.4, -0.2) is 18.0 Å². The molecular formula is C14H26N2O. The molecule has 0 atom stereocenters. The molecule has 2 fully saturated rings. The Morgan fingerprint density at radius 1 is 1.24 bits per heavy atom. The first-order valence-corrected chi connectivity index (χ1v) is 6.99. The molecule has 0 aromatic carbocycles.